The van der Waals surface area contributed by atoms with E-state index < -0.39 is 0 Å². The van der Waals surface area contributed by atoms with Crippen LogP contribution in [0, 0.1) is 0 Å². The Morgan fingerprint density at radius 3 is 2.95 bits per heavy atom. The van der Waals surface area contributed by atoms with Gasteiger partial charge in [-0.05, 0) is 47.7 Å². The number of halogens is 1. The molecule has 110 valence electrons. The minimum atomic E-state index is -0.183. The molecule has 1 saturated heterocycles. The number of aliphatic hydroxyl groups is 1. The van der Waals surface area contributed by atoms with Crippen LogP contribution in [0.25, 0.3) is 0 Å². The molecule has 2 heterocycles. The molecular weight excluding hydrogens is 324 g/mol. The van der Waals surface area contributed by atoms with Gasteiger partial charge in [-0.15, -0.1) is 0 Å². The molecule has 0 saturated carbocycles. The number of aliphatic hydroxyl groups excluding tert-OH is 1. The number of aromatic nitrogens is 1. The summed E-state index contributed by atoms with van der Waals surface area (Å²) >= 11 is 3.30. The third-order valence-electron chi connectivity index (χ3n) is 3.66. The molecule has 0 bridgehead atoms. The number of hydrogen-bond donors (Lipinski definition) is 1. The van der Waals surface area contributed by atoms with E-state index in [1.807, 2.05) is 4.90 Å². The van der Waals surface area contributed by atoms with E-state index in [-0.39, 0.29) is 30.7 Å². The maximum atomic E-state index is 12.4. The highest BCUT2D eigenvalue weighted by Gasteiger charge is 2.26. The zero-order chi connectivity index (χ0) is 14.5. The van der Waals surface area contributed by atoms with Crippen LogP contribution in [0.4, 0.5) is 0 Å². The number of likely N-dealkylation sites (tertiary alicyclic amines) is 1. The maximum absolute atomic E-state index is 12.4. The molecule has 1 N–H and O–H groups in total. The number of hydrogen-bond acceptors (Lipinski definition) is 3. The minimum absolute atomic E-state index is 0.0525. The van der Waals surface area contributed by atoms with Crippen molar-refractivity contribution in [1.82, 2.24) is 9.47 Å². The fourth-order valence-electron chi connectivity index (χ4n) is 2.64. The quantitative estimate of drug-likeness (QED) is 0.898. The van der Waals surface area contributed by atoms with Crippen LogP contribution in [0.5, 0.6) is 0 Å². The van der Waals surface area contributed by atoms with E-state index in [0.717, 1.165) is 23.7 Å². The Morgan fingerprint density at radius 2 is 2.20 bits per heavy atom. The Labute approximate surface area is 126 Å². The van der Waals surface area contributed by atoms with Crippen molar-refractivity contribution in [3.8, 4) is 0 Å². The highest BCUT2D eigenvalue weighted by molar-refractivity contribution is 9.10. The first kappa shape index (κ1) is 15.3. The number of rotatable bonds is 4. The zero-order valence-corrected chi connectivity index (χ0v) is 12.9. The molecule has 2 rings (SSSR count). The molecule has 0 aromatic carbocycles. The Kier molecular flexibility index (Phi) is 5.37. The molecule has 1 aromatic rings. The van der Waals surface area contributed by atoms with Gasteiger partial charge in [0.15, 0.2) is 0 Å². The molecular formula is C14H19BrN2O3. The fourth-order valence-corrected chi connectivity index (χ4v) is 3.02. The van der Waals surface area contributed by atoms with E-state index in [1.54, 1.807) is 12.3 Å². The van der Waals surface area contributed by atoms with Crippen LogP contribution >= 0.6 is 15.9 Å². The first-order valence-corrected chi connectivity index (χ1v) is 7.67. The van der Waals surface area contributed by atoms with Crippen molar-refractivity contribution in [1.29, 1.82) is 0 Å². The molecule has 1 atom stereocenters. The number of amides is 1. The van der Waals surface area contributed by atoms with Crippen LogP contribution in [-0.2, 0) is 11.3 Å². The first-order valence-electron chi connectivity index (χ1n) is 6.88. The smallest absolute Gasteiger partial charge is 0.251 e. The minimum Gasteiger partial charge on any atom is -0.396 e. The molecule has 0 spiro atoms. The van der Waals surface area contributed by atoms with Crippen molar-refractivity contribution in [3.05, 3.63) is 33.2 Å². The lowest BCUT2D eigenvalue weighted by Gasteiger charge is -2.35. The lowest BCUT2D eigenvalue weighted by atomic mass is 9.99. The van der Waals surface area contributed by atoms with Gasteiger partial charge in [0, 0.05) is 35.9 Å². The van der Waals surface area contributed by atoms with E-state index in [9.17, 15) is 9.59 Å². The van der Waals surface area contributed by atoms with Crippen molar-refractivity contribution in [2.24, 2.45) is 0 Å². The summed E-state index contributed by atoms with van der Waals surface area (Å²) in [7, 11) is 0. The number of carbonyl (C=O) groups excluding carboxylic acids is 1. The van der Waals surface area contributed by atoms with E-state index in [0.29, 0.717) is 13.0 Å². The maximum Gasteiger partial charge on any atom is 0.251 e. The van der Waals surface area contributed by atoms with Gasteiger partial charge in [-0.3, -0.25) is 9.59 Å². The van der Waals surface area contributed by atoms with Gasteiger partial charge in [0.1, 0.15) is 6.54 Å². The molecule has 5 nitrogen and oxygen atoms in total. The van der Waals surface area contributed by atoms with Crippen molar-refractivity contribution >= 4 is 21.8 Å². The molecule has 1 amide bonds. The van der Waals surface area contributed by atoms with Crippen LogP contribution in [0.1, 0.15) is 25.7 Å². The van der Waals surface area contributed by atoms with Crippen molar-refractivity contribution < 1.29 is 9.90 Å². The molecule has 0 aliphatic carbocycles. The van der Waals surface area contributed by atoms with Crippen LogP contribution in [0.15, 0.2) is 27.6 Å². The SMILES string of the molecule is O=C(Cn1cc(Br)ccc1=O)N1CCCCC1CCO. The second-order valence-corrected chi connectivity index (χ2v) is 5.98. The van der Waals surface area contributed by atoms with Crippen molar-refractivity contribution in [3.63, 3.8) is 0 Å². The topological polar surface area (TPSA) is 62.5 Å². The third-order valence-corrected chi connectivity index (χ3v) is 4.13. The second-order valence-electron chi connectivity index (χ2n) is 5.06. The summed E-state index contributed by atoms with van der Waals surface area (Å²) in [6.45, 7) is 0.859. The predicted molar refractivity (Wildman–Crippen MR) is 79.5 cm³/mol. The largest absolute Gasteiger partial charge is 0.396 e. The third kappa shape index (κ3) is 3.70. The predicted octanol–water partition coefficient (Wildman–Crippen LogP) is 1.37. The van der Waals surface area contributed by atoms with Crippen LogP contribution in [0.2, 0.25) is 0 Å². The standard InChI is InChI=1S/C14H19BrN2O3/c15-11-4-5-13(19)16(9-11)10-14(20)17-7-2-1-3-12(17)6-8-18/h4-5,9,12,18H,1-3,6-8,10H2. The van der Waals surface area contributed by atoms with Crippen LogP contribution in [0.3, 0.4) is 0 Å². The van der Waals surface area contributed by atoms with E-state index in [2.05, 4.69) is 15.9 Å². The van der Waals surface area contributed by atoms with E-state index in [1.165, 1.54) is 10.6 Å². The number of nitrogens with zero attached hydrogens (tertiary/aromatic N) is 2. The molecule has 20 heavy (non-hydrogen) atoms. The monoisotopic (exact) mass is 342 g/mol. The summed E-state index contributed by atoms with van der Waals surface area (Å²) in [6.07, 6.45) is 5.25. The second kappa shape index (κ2) is 7.04. The Balaban J connectivity index is 2.09. The highest BCUT2D eigenvalue weighted by atomic mass is 79.9. The number of piperidine rings is 1. The summed E-state index contributed by atoms with van der Waals surface area (Å²) in [5.74, 6) is -0.0525. The van der Waals surface area contributed by atoms with Gasteiger partial charge >= 0.3 is 0 Å². The van der Waals surface area contributed by atoms with Gasteiger partial charge < -0.3 is 14.6 Å². The summed E-state index contributed by atoms with van der Waals surface area (Å²) in [5, 5.41) is 9.09. The molecule has 6 heteroatoms. The van der Waals surface area contributed by atoms with Gasteiger partial charge in [-0.25, -0.2) is 0 Å². The number of carbonyl (C=O) groups is 1. The average Bonchev–Trinajstić information content (AvgIpc) is 2.44. The van der Waals surface area contributed by atoms with Gasteiger partial charge in [-0.1, -0.05) is 0 Å². The van der Waals surface area contributed by atoms with Crippen LogP contribution in [-0.4, -0.2) is 39.7 Å². The molecule has 1 aliphatic heterocycles. The molecule has 0 radical (unpaired) electrons. The molecule has 1 fully saturated rings. The fraction of sp³-hybridized carbons (Fsp3) is 0.571. The summed E-state index contributed by atoms with van der Waals surface area (Å²) in [5.41, 5.74) is -0.183. The zero-order valence-electron chi connectivity index (χ0n) is 11.3. The normalized spacial score (nSPS) is 19.1. The summed E-state index contributed by atoms with van der Waals surface area (Å²) in [4.78, 5) is 25.9. The van der Waals surface area contributed by atoms with E-state index in [4.69, 9.17) is 5.11 Å². The van der Waals surface area contributed by atoms with Gasteiger partial charge in [0.2, 0.25) is 5.91 Å². The average molecular weight is 343 g/mol. The van der Waals surface area contributed by atoms with E-state index >= 15 is 0 Å². The summed E-state index contributed by atoms with van der Waals surface area (Å²) in [6, 6.07) is 3.21. The molecule has 1 aromatic heterocycles. The first-order chi connectivity index (χ1) is 9.61. The lowest BCUT2D eigenvalue weighted by Crippen LogP contribution is -2.46. The molecule has 1 aliphatic rings. The van der Waals surface area contributed by atoms with Crippen molar-refractivity contribution in [2.75, 3.05) is 13.2 Å². The Bertz CT molecular complexity index is 527. The van der Waals surface area contributed by atoms with Gasteiger partial charge in [0.05, 0.1) is 0 Å². The van der Waals surface area contributed by atoms with Gasteiger partial charge in [-0.2, -0.15) is 0 Å². The number of pyridine rings is 1. The molecule has 1 unspecified atom stereocenters. The Hall–Kier alpha value is -1.14. The lowest BCUT2D eigenvalue weighted by molar-refractivity contribution is -0.135. The van der Waals surface area contributed by atoms with Crippen molar-refractivity contribution in [2.45, 2.75) is 38.3 Å². The van der Waals surface area contributed by atoms with Gasteiger partial charge in [0.25, 0.3) is 5.56 Å². The summed E-state index contributed by atoms with van der Waals surface area (Å²) < 4.78 is 2.19. The van der Waals surface area contributed by atoms with Crippen LogP contribution < -0.4 is 5.56 Å². The Morgan fingerprint density at radius 1 is 1.40 bits per heavy atom. The highest BCUT2D eigenvalue weighted by Crippen LogP contribution is 2.20.